The van der Waals surface area contributed by atoms with Crippen molar-refractivity contribution in [1.82, 2.24) is 15.0 Å². The molecule has 2 aromatic heterocycles. The molecule has 0 saturated heterocycles. The Bertz CT molecular complexity index is 3700. The van der Waals surface area contributed by atoms with Crippen molar-refractivity contribution in [3.05, 3.63) is 211 Å². The number of hydrogen-bond donors (Lipinski definition) is 0. The maximum atomic E-state index is 9.55. The Hall–Kier alpha value is -7.43. The van der Waals surface area contributed by atoms with Crippen LogP contribution in [0.25, 0.3) is 89.5 Å². The number of aromatic nitrogens is 3. The van der Waals surface area contributed by atoms with Gasteiger partial charge in [-0.05, 0) is 74.3 Å². The van der Waals surface area contributed by atoms with Crippen molar-refractivity contribution >= 4 is 21.9 Å². The maximum Gasteiger partial charge on any atom is 0.164 e. The van der Waals surface area contributed by atoms with E-state index in [2.05, 4.69) is 0 Å². The summed E-state index contributed by atoms with van der Waals surface area (Å²) in [6.07, 6.45) is 0. The molecule has 1 unspecified atom stereocenters. The van der Waals surface area contributed by atoms with Crippen LogP contribution in [-0.2, 0) is 0 Å². The number of hydrogen-bond acceptors (Lipinski definition) is 4. The number of furan rings is 1. The van der Waals surface area contributed by atoms with E-state index < -0.39 is 83.5 Å². The fourth-order valence-corrected chi connectivity index (χ4v) is 7.56. The van der Waals surface area contributed by atoms with Crippen LogP contribution in [0, 0.1) is 0 Å². The lowest BCUT2D eigenvalue weighted by molar-refractivity contribution is 0.669. The topological polar surface area (TPSA) is 51.8 Å². The zero-order valence-corrected chi connectivity index (χ0v) is 29.4. The van der Waals surface area contributed by atoms with Crippen molar-refractivity contribution in [2.45, 2.75) is 5.92 Å². The minimum Gasteiger partial charge on any atom is -0.456 e. The predicted molar refractivity (Wildman–Crippen MR) is 227 cm³/mol. The molecule has 0 amide bonds. The molecule has 8 aromatic carbocycles. The molecule has 1 atom stereocenters. The molecule has 11 rings (SSSR count). The van der Waals surface area contributed by atoms with E-state index in [9.17, 15) is 5.48 Å². The Morgan fingerprint density at radius 1 is 0.429 bits per heavy atom. The van der Waals surface area contributed by atoms with E-state index >= 15 is 0 Å². The Balaban J connectivity index is 1.10. The van der Waals surface area contributed by atoms with E-state index in [1.165, 1.54) is 0 Å². The standard InChI is InChI=1S/C52H33N3O/c1-4-14-33(15-5-1)37-26-28-42-44(31-37)40-22-10-11-23-41(40)48(42)39-21-12-20-36(30-39)38-27-29-46-45(32-38)49-43(24-13-25-47(49)56-46)52-54-50(34-16-6-2-7-17-34)53-51(55-52)35-18-8-3-9-19-35/h1-32,48H/i1D,4D,5D,10D,11D,14D,15D,22D,23D,26D,28D,31D. The average Bonchev–Trinajstić information content (AvgIpc) is 3.94. The molecule has 10 aromatic rings. The highest BCUT2D eigenvalue weighted by Crippen LogP contribution is 2.49. The van der Waals surface area contributed by atoms with Crippen LogP contribution in [0.3, 0.4) is 0 Å². The fraction of sp³-hybridized carbons (Fsp3) is 0.0192. The lowest BCUT2D eigenvalue weighted by Crippen LogP contribution is -2.00. The minimum atomic E-state index is -1.05. The second kappa shape index (κ2) is 13.2. The van der Waals surface area contributed by atoms with E-state index in [-0.39, 0.29) is 28.3 Å². The van der Waals surface area contributed by atoms with Gasteiger partial charge >= 0.3 is 0 Å². The second-order valence-electron chi connectivity index (χ2n) is 13.4. The van der Waals surface area contributed by atoms with Gasteiger partial charge < -0.3 is 4.42 Å². The highest BCUT2D eigenvalue weighted by molar-refractivity contribution is 6.12. The molecule has 0 fully saturated rings. The van der Waals surface area contributed by atoms with E-state index in [1.54, 1.807) is 12.1 Å². The highest BCUT2D eigenvalue weighted by atomic mass is 16.3. The second-order valence-corrected chi connectivity index (χ2v) is 13.4. The van der Waals surface area contributed by atoms with Crippen LogP contribution < -0.4 is 0 Å². The first kappa shape index (κ1) is 22.1. The largest absolute Gasteiger partial charge is 0.456 e. The molecule has 2 heterocycles. The highest BCUT2D eigenvalue weighted by Gasteiger charge is 2.30. The average molecular weight is 728 g/mol. The third-order valence-corrected chi connectivity index (χ3v) is 10.1. The van der Waals surface area contributed by atoms with Crippen LogP contribution in [0.5, 0.6) is 0 Å². The van der Waals surface area contributed by atoms with Crippen LogP contribution >= 0.6 is 0 Å². The molecule has 0 aliphatic heterocycles. The monoisotopic (exact) mass is 727 g/mol. The van der Waals surface area contributed by atoms with Gasteiger partial charge in [-0.15, -0.1) is 0 Å². The summed E-state index contributed by atoms with van der Waals surface area (Å²) in [6, 6.07) is 31.4. The summed E-state index contributed by atoms with van der Waals surface area (Å²) in [5.41, 5.74) is 4.83. The molecule has 0 saturated carbocycles. The SMILES string of the molecule is [2H]c1c([2H])c([2H])c(-c2c([2H])c([2H])c3c(c2[2H])-c2c([2H])c([2H])c([2H])c([2H])c2C3c2cccc(-c3ccc4oc5cccc(-c6nc(-c7ccccc7)nc(-c7ccccc7)n6)c5c4c3)c2)c([2H])c1[2H]. The zero-order chi connectivity index (χ0) is 47.4. The summed E-state index contributed by atoms with van der Waals surface area (Å²) in [6.45, 7) is 0. The number of fused-ring (bicyclic) bond motifs is 6. The van der Waals surface area contributed by atoms with Crippen molar-refractivity contribution < 1.29 is 20.9 Å². The van der Waals surface area contributed by atoms with Crippen molar-refractivity contribution in [2.24, 2.45) is 0 Å². The van der Waals surface area contributed by atoms with E-state index in [0.717, 1.165) is 33.0 Å². The normalized spacial score (nSPS) is 16.2. The van der Waals surface area contributed by atoms with Gasteiger partial charge in [0.15, 0.2) is 17.5 Å². The molecular formula is C52H33N3O. The van der Waals surface area contributed by atoms with Gasteiger partial charge in [0, 0.05) is 33.4 Å². The van der Waals surface area contributed by atoms with Crippen LogP contribution in [-0.4, -0.2) is 15.0 Å². The van der Waals surface area contributed by atoms with Gasteiger partial charge in [0.1, 0.15) is 11.2 Å². The third kappa shape index (κ3) is 5.42. The summed E-state index contributed by atoms with van der Waals surface area (Å²) in [7, 11) is 0. The summed E-state index contributed by atoms with van der Waals surface area (Å²) >= 11 is 0. The first-order valence-corrected chi connectivity index (χ1v) is 18.0. The van der Waals surface area contributed by atoms with Gasteiger partial charge in [-0.2, -0.15) is 0 Å². The molecule has 4 nitrogen and oxygen atoms in total. The molecule has 4 heteroatoms. The molecule has 262 valence electrons. The molecule has 56 heavy (non-hydrogen) atoms. The van der Waals surface area contributed by atoms with Crippen molar-refractivity contribution in [3.63, 3.8) is 0 Å². The summed E-state index contributed by atoms with van der Waals surface area (Å²) < 4.78 is 112. The van der Waals surface area contributed by atoms with E-state index in [1.807, 2.05) is 109 Å². The van der Waals surface area contributed by atoms with Crippen molar-refractivity contribution in [2.75, 3.05) is 0 Å². The smallest absolute Gasteiger partial charge is 0.164 e. The summed E-state index contributed by atoms with van der Waals surface area (Å²) in [5, 5.41) is 1.55. The maximum absolute atomic E-state index is 9.55. The van der Waals surface area contributed by atoms with Gasteiger partial charge in [-0.1, -0.05) is 170 Å². The zero-order valence-electron chi connectivity index (χ0n) is 41.4. The minimum absolute atomic E-state index is 0.0449. The van der Waals surface area contributed by atoms with Crippen LogP contribution in [0.4, 0.5) is 0 Å². The van der Waals surface area contributed by atoms with Gasteiger partial charge in [0.25, 0.3) is 0 Å². The van der Waals surface area contributed by atoms with Crippen LogP contribution in [0.15, 0.2) is 198 Å². The predicted octanol–water partition coefficient (Wildman–Crippen LogP) is 13.3. The number of benzene rings is 8. The Labute approximate surface area is 341 Å². The molecule has 1 aliphatic carbocycles. The van der Waals surface area contributed by atoms with Gasteiger partial charge in [0.05, 0.1) is 16.4 Å². The Kier molecular flexibility index (Phi) is 5.18. The first-order chi connectivity index (χ1) is 32.7. The lowest BCUT2D eigenvalue weighted by atomic mass is 9.87. The van der Waals surface area contributed by atoms with Crippen LogP contribution in [0.2, 0.25) is 0 Å². The summed E-state index contributed by atoms with van der Waals surface area (Å²) in [5.74, 6) is 0.411. The quantitative estimate of drug-likeness (QED) is 0.171. The molecular weight excluding hydrogens is 683 g/mol. The van der Waals surface area contributed by atoms with Gasteiger partial charge in [-0.3, -0.25) is 0 Å². The van der Waals surface area contributed by atoms with Crippen LogP contribution in [0.1, 0.15) is 39.1 Å². The summed E-state index contributed by atoms with van der Waals surface area (Å²) in [4.78, 5) is 14.9. The van der Waals surface area contributed by atoms with E-state index in [4.69, 9.17) is 30.3 Å². The molecule has 0 bridgehead atoms. The first-order valence-electron chi connectivity index (χ1n) is 24.0. The molecule has 0 radical (unpaired) electrons. The Morgan fingerprint density at radius 2 is 1.09 bits per heavy atom. The van der Waals surface area contributed by atoms with E-state index in [0.29, 0.717) is 39.8 Å². The number of rotatable bonds is 6. The van der Waals surface area contributed by atoms with Gasteiger partial charge in [-0.25, -0.2) is 15.0 Å². The van der Waals surface area contributed by atoms with Crippen molar-refractivity contribution in [1.29, 1.82) is 0 Å². The number of nitrogens with zero attached hydrogens (tertiary/aromatic N) is 3. The Morgan fingerprint density at radius 3 is 1.88 bits per heavy atom. The molecule has 0 N–H and O–H groups in total. The van der Waals surface area contributed by atoms with Crippen molar-refractivity contribution in [3.8, 4) is 67.5 Å². The molecule has 0 spiro atoms. The third-order valence-electron chi connectivity index (χ3n) is 10.1. The molecule has 1 aliphatic rings. The fourth-order valence-electron chi connectivity index (χ4n) is 7.56. The van der Waals surface area contributed by atoms with Gasteiger partial charge in [0.2, 0.25) is 0 Å². The lowest BCUT2D eigenvalue weighted by Gasteiger charge is -2.16.